The Morgan fingerprint density at radius 2 is 2.22 bits per heavy atom. The van der Waals surface area contributed by atoms with Crippen LogP contribution < -0.4 is 9.47 Å². The molecule has 1 unspecified atom stereocenters. The van der Waals surface area contributed by atoms with Crippen molar-refractivity contribution in [3.05, 3.63) is 45.1 Å². The summed E-state index contributed by atoms with van der Waals surface area (Å²) in [4.78, 5) is 15.3. The number of ether oxygens (including phenoxy) is 2. The molecular formula is C18H19NO3S. The lowest BCUT2D eigenvalue weighted by atomic mass is 9.87. The Hall–Kier alpha value is -1.85. The van der Waals surface area contributed by atoms with Gasteiger partial charge in [0.15, 0.2) is 11.5 Å². The Morgan fingerprint density at radius 3 is 3.00 bits per heavy atom. The molecule has 1 atom stereocenters. The van der Waals surface area contributed by atoms with Crippen molar-refractivity contribution in [3.8, 4) is 11.5 Å². The number of fused-ring (bicyclic) bond motifs is 4. The number of hydrogen-bond donors (Lipinski definition) is 0. The molecule has 0 saturated heterocycles. The van der Waals surface area contributed by atoms with Crippen LogP contribution >= 0.6 is 11.3 Å². The highest BCUT2D eigenvalue weighted by atomic mass is 32.1. The fourth-order valence-electron chi connectivity index (χ4n) is 3.76. The van der Waals surface area contributed by atoms with Gasteiger partial charge in [-0.2, -0.15) is 0 Å². The summed E-state index contributed by atoms with van der Waals surface area (Å²) in [5.74, 6) is 0.899. The predicted octanol–water partition coefficient (Wildman–Crippen LogP) is 3.34. The van der Waals surface area contributed by atoms with E-state index in [2.05, 4.69) is 22.4 Å². The van der Waals surface area contributed by atoms with E-state index in [1.807, 2.05) is 17.4 Å². The number of esters is 1. The zero-order valence-electron chi connectivity index (χ0n) is 13.3. The molecule has 2 aliphatic rings. The Labute approximate surface area is 139 Å². The third kappa shape index (κ3) is 2.44. The van der Waals surface area contributed by atoms with Gasteiger partial charge in [0, 0.05) is 36.5 Å². The fraction of sp³-hybridized carbons (Fsp3) is 0.389. The van der Waals surface area contributed by atoms with Crippen molar-refractivity contribution in [2.75, 3.05) is 13.7 Å². The van der Waals surface area contributed by atoms with Gasteiger partial charge in [0.25, 0.3) is 0 Å². The molecule has 0 aliphatic carbocycles. The molecule has 0 bridgehead atoms. The first-order chi connectivity index (χ1) is 11.2. The highest BCUT2D eigenvalue weighted by Crippen LogP contribution is 2.44. The normalized spacial score (nSPS) is 19.5. The van der Waals surface area contributed by atoms with E-state index in [0.717, 1.165) is 31.5 Å². The molecule has 0 N–H and O–H groups in total. The number of methoxy groups -OCH3 is 1. The molecular weight excluding hydrogens is 310 g/mol. The van der Waals surface area contributed by atoms with Gasteiger partial charge in [-0.15, -0.1) is 11.3 Å². The molecule has 5 heteroatoms. The van der Waals surface area contributed by atoms with Gasteiger partial charge in [-0.3, -0.25) is 9.69 Å². The van der Waals surface area contributed by atoms with Gasteiger partial charge in [-0.05, 0) is 41.5 Å². The molecule has 3 heterocycles. The van der Waals surface area contributed by atoms with Crippen LogP contribution in [0.1, 0.15) is 34.5 Å². The van der Waals surface area contributed by atoms with E-state index in [1.165, 1.54) is 22.9 Å². The second-order valence-corrected chi connectivity index (χ2v) is 7.07. The van der Waals surface area contributed by atoms with Crippen LogP contribution in [0, 0.1) is 0 Å². The first-order valence-electron chi connectivity index (χ1n) is 7.85. The summed E-state index contributed by atoms with van der Waals surface area (Å²) in [6.45, 7) is 3.32. The second-order valence-electron chi connectivity index (χ2n) is 6.07. The second kappa shape index (κ2) is 5.65. The Kier molecular flexibility index (Phi) is 3.62. The van der Waals surface area contributed by atoms with E-state index in [1.54, 1.807) is 7.11 Å². The summed E-state index contributed by atoms with van der Waals surface area (Å²) in [7, 11) is 1.64. The van der Waals surface area contributed by atoms with Crippen LogP contribution in [0.3, 0.4) is 0 Å². The van der Waals surface area contributed by atoms with Gasteiger partial charge in [-0.25, -0.2) is 0 Å². The maximum atomic E-state index is 11.3. The minimum atomic E-state index is -0.321. The monoisotopic (exact) mass is 329 g/mol. The topological polar surface area (TPSA) is 38.8 Å². The van der Waals surface area contributed by atoms with Gasteiger partial charge in [0.05, 0.1) is 7.11 Å². The number of carbonyl (C=O) groups is 1. The molecule has 4 rings (SSSR count). The maximum absolute atomic E-state index is 11.3. The molecule has 23 heavy (non-hydrogen) atoms. The minimum absolute atomic E-state index is 0.321. The number of rotatable bonds is 2. The third-order valence-corrected chi connectivity index (χ3v) is 5.76. The maximum Gasteiger partial charge on any atom is 0.308 e. The number of thiophene rings is 1. The van der Waals surface area contributed by atoms with Crippen molar-refractivity contribution in [2.45, 2.75) is 32.4 Å². The lowest BCUT2D eigenvalue weighted by molar-refractivity contribution is -0.132. The average Bonchev–Trinajstić information content (AvgIpc) is 3.01. The molecule has 0 amide bonds. The third-order valence-electron chi connectivity index (χ3n) is 4.76. The van der Waals surface area contributed by atoms with Gasteiger partial charge in [0.2, 0.25) is 0 Å². The lowest BCUT2D eigenvalue weighted by Crippen LogP contribution is -2.38. The summed E-state index contributed by atoms with van der Waals surface area (Å²) in [5, 5.41) is 2.20. The number of hydrogen-bond acceptors (Lipinski definition) is 5. The van der Waals surface area contributed by atoms with Gasteiger partial charge in [-0.1, -0.05) is 6.07 Å². The van der Waals surface area contributed by atoms with E-state index >= 15 is 0 Å². The Bertz CT molecular complexity index is 768. The smallest absolute Gasteiger partial charge is 0.308 e. The zero-order chi connectivity index (χ0) is 16.0. The summed E-state index contributed by atoms with van der Waals surface area (Å²) in [5.41, 5.74) is 3.93. The number of nitrogens with zero attached hydrogens (tertiary/aromatic N) is 1. The van der Waals surface area contributed by atoms with Crippen LogP contribution in [0.5, 0.6) is 11.5 Å². The van der Waals surface area contributed by atoms with E-state index in [-0.39, 0.29) is 5.97 Å². The van der Waals surface area contributed by atoms with Crippen LogP contribution in [0.4, 0.5) is 0 Å². The van der Waals surface area contributed by atoms with Crippen molar-refractivity contribution in [1.29, 1.82) is 0 Å². The van der Waals surface area contributed by atoms with Crippen LogP contribution in [-0.4, -0.2) is 24.5 Å². The van der Waals surface area contributed by atoms with Crippen molar-refractivity contribution >= 4 is 17.3 Å². The number of carbonyl (C=O) groups excluding carboxylic acids is 1. The van der Waals surface area contributed by atoms with E-state index in [0.29, 0.717) is 17.5 Å². The van der Waals surface area contributed by atoms with Crippen molar-refractivity contribution in [1.82, 2.24) is 4.90 Å². The summed E-state index contributed by atoms with van der Waals surface area (Å²) < 4.78 is 10.9. The van der Waals surface area contributed by atoms with Gasteiger partial charge in [0.1, 0.15) is 0 Å². The van der Waals surface area contributed by atoms with Crippen LogP contribution in [0.2, 0.25) is 0 Å². The molecule has 2 aliphatic heterocycles. The highest BCUT2D eigenvalue weighted by molar-refractivity contribution is 7.10. The molecule has 4 nitrogen and oxygen atoms in total. The Morgan fingerprint density at radius 1 is 1.35 bits per heavy atom. The van der Waals surface area contributed by atoms with E-state index in [9.17, 15) is 4.79 Å². The average molecular weight is 329 g/mol. The van der Waals surface area contributed by atoms with E-state index in [4.69, 9.17) is 9.47 Å². The first kappa shape index (κ1) is 14.7. The molecule has 0 saturated carbocycles. The van der Waals surface area contributed by atoms with Gasteiger partial charge < -0.3 is 9.47 Å². The van der Waals surface area contributed by atoms with Crippen molar-refractivity contribution < 1.29 is 14.3 Å². The fourth-order valence-corrected chi connectivity index (χ4v) is 4.69. The van der Waals surface area contributed by atoms with Crippen molar-refractivity contribution in [3.63, 3.8) is 0 Å². The minimum Gasteiger partial charge on any atom is -0.492 e. The van der Waals surface area contributed by atoms with E-state index < -0.39 is 0 Å². The SMILES string of the molecule is COc1c(OC(C)=O)ccc2c1CN1CCc3sccc3C1C2. The standard InChI is InChI=1S/C18H19NO3S/c1-11(20)22-16-4-3-12-9-15-13-6-8-23-17(13)5-7-19(15)10-14(12)18(16)21-2/h3-4,6,8,15H,5,7,9-10H2,1-2H3. The predicted molar refractivity (Wildman–Crippen MR) is 89.2 cm³/mol. The zero-order valence-corrected chi connectivity index (χ0v) is 14.1. The van der Waals surface area contributed by atoms with Crippen molar-refractivity contribution in [2.24, 2.45) is 0 Å². The molecule has 1 aromatic heterocycles. The molecule has 0 fully saturated rings. The Balaban J connectivity index is 1.74. The largest absolute Gasteiger partial charge is 0.492 e. The molecule has 1 aromatic carbocycles. The molecule has 120 valence electrons. The lowest BCUT2D eigenvalue weighted by Gasteiger charge is -2.40. The first-order valence-corrected chi connectivity index (χ1v) is 8.73. The summed E-state index contributed by atoms with van der Waals surface area (Å²) >= 11 is 1.87. The summed E-state index contributed by atoms with van der Waals surface area (Å²) in [6.07, 6.45) is 2.10. The van der Waals surface area contributed by atoms with Crippen LogP contribution in [-0.2, 0) is 24.2 Å². The number of benzene rings is 1. The van der Waals surface area contributed by atoms with Crippen LogP contribution in [0.15, 0.2) is 23.6 Å². The highest BCUT2D eigenvalue weighted by Gasteiger charge is 2.34. The quantitative estimate of drug-likeness (QED) is 0.626. The molecule has 0 radical (unpaired) electrons. The molecule has 2 aromatic rings. The van der Waals surface area contributed by atoms with Crippen LogP contribution in [0.25, 0.3) is 0 Å². The summed E-state index contributed by atoms with van der Waals surface area (Å²) in [6, 6.07) is 6.66. The molecule has 0 spiro atoms. The van der Waals surface area contributed by atoms with Gasteiger partial charge >= 0.3 is 5.97 Å².